The summed E-state index contributed by atoms with van der Waals surface area (Å²) >= 11 is 0. The van der Waals surface area contributed by atoms with Crippen molar-refractivity contribution in [2.45, 2.75) is 31.8 Å². The number of aryl methyl sites for hydroxylation is 1. The van der Waals surface area contributed by atoms with Gasteiger partial charge >= 0.3 is 0 Å². The molecular weight excluding hydrogens is 210 g/mol. The van der Waals surface area contributed by atoms with E-state index >= 15 is 0 Å². The van der Waals surface area contributed by atoms with Crippen molar-refractivity contribution < 1.29 is 5.11 Å². The summed E-state index contributed by atoms with van der Waals surface area (Å²) in [7, 11) is 2.11. The van der Waals surface area contributed by atoms with Crippen LogP contribution in [0, 0.1) is 5.92 Å². The summed E-state index contributed by atoms with van der Waals surface area (Å²) in [6.07, 6.45) is 4.64. The van der Waals surface area contributed by atoms with E-state index in [1.807, 2.05) is 0 Å². The molecule has 17 heavy (non-hydrogen) atoms. The smallest absolute Gasteiger partial charge is 0.0695 e. The molecule has 0 aromatic heterocycles. The van der Waals surface area contributed by atoms with Crippen molar-refractivity contribution in [2.75, 3.05) is 20.1 Å². The number of aliphatic hydroxyl groups excluding tert-OH is 1. The Morgan fingerprint density at radius 3 is 2.65 bits per heavy atom. The molecule has 1 N–H and O–H groups in total. The summed E-state index contributed by atoms with van der Waals surface area (Å²) in [6, 6.07) is 10.6. The maximum Gasteiger partial charge on any atom is 0.0695 e. The maximum absolute atomic E-state index is 9.83. The fourth-order valence-corrected chi connectivity index (χ4v) is 2.24. The third-order valence-corrected chi connectivity index (χ3v) is 3.51. The highest BCUT2D eigenvalue weighted by Gasteiger charge is 2.29. The van der Waals surface area contributed by atoms with E-state index in [9.17, 15) is 5.11 Å². The second-order valence-corrected chi connectivity index (χ2v) is 5.26. The molecule has 1 aliphatic rings. The van der Waals surface area contributed by atoms with Crippen molar-refractivity contribution in [2.24, 2.45) is 5.92 Å². The van der Waals surface area contributed by atoms with Gasteiger partial charge in [0, 0.05) is 6.54 Å². The minimum Gasteiger partial charge on any atom is -0.392 e. The zero-order valence-corrected chi connectivity index (χ0v) is 10.7. The summed E-state index contributed by atoms with van der Waals surface area (Å²) in [6.45, 7) is 1.90. The quantitative estimate of drug-likeness (QED) is 0.781. The fraction of sp³-hybridized carbons (Fsp3) is 0.600. The van der Waals surface area contributed by atoms with Crippen LogP contribution < -0.4 is 0 Å². The van der Waals surface area contributed by atoms with Gasteiger partial charge in [0.05, 0.1) is 6.10 Å². The first-order valence-corrected chi connectivity index (χ1v) is 6.66. The highest BCUT2D eigenvalue weighted by molar-refractivity contribution is 5.14. The lowest BCUT2D eigenvalue weighted by molar-refractivity contribution is 0.106. The Morgan fingerprint density at radius 2 is 2.00 bits per heavy atom. The Labute approximate surface area is 104 Å². The number of benzene rings is 1. The zero-order chi connectivity index (χ0) is 12.1. The number of nitrogens with zero attached hydrogens (tertiary/aromatic N) is 1. The van der Waals surface area contributed by atoms with Crippen molar-refractivity contribution in [3.05, 3.63) is 35.9 Å². The minimum atomic E-state index is -0.100. The van der Waals surface area contributed by atoms with Gasteiger partial charge in [-0.3, -0.25) is 0 Å². The van der Waals surface area contributed by atoms with Crippen LogP contribution in [0.1, 0.15) is 24.8 Å². The molecule has 2 rings (SSSR count). The monoisotopic (exact) mass is 233 g/mol. The molecule has 2 nitrogen and oxygen atoms in total. The lowest BCUT2D eigenvalue weighted by Gasteiger charge is -2.20. The summed E-state index contributed by atoms with van der Waals surface area (Å²) in [4.78, 5) is 2.26. The van der Waals surface area contributed by atoms with Crippen molar-refractivity contribution in [1.82, 2.24) is 4.90 Å². The van der Waals surface area contributed by atoms with Crippen molar-refractivity contribution in [3.8, 4) is 0 Å². The van der Waals surface area contributed by atoms with Crippen LogP contribution in [0.25, 0.3) is 0 Å². The third-order valence-electron chi connectivity index (χ3n) is 3.51. The molecule has 1 atom stereocenters. The van der Waals surface area contributed by atoms with Crippen LogP contribution >= 0.6 is 0 Å². The molecule has 1 unspecified atom stereocenters. The van der Waals surface area contributed by atoms with E-state index in [4.69, 9.17) is 0 Å². The molecule has 1 saturated carbocycles. The Balaban J connectivity index is 1.61. The van der Waals surface area contributed by atoms with E-state index in [1.165, 1.54) is 18.4 Å². The normalized spacial score (nSPS) is 17.4. The van der Waals surface area contributed by atoms with E-state index in [0.29, 0.717) is 5.92 Å². The number of hydrogen-bond donors (Lipinski definition) is 1. The lowest BCUT2D eigenvalue weighted by Crippen LogP contribution is -2.31. The molecule has 0 bridgehead atoms. The maximum atomic E-state index is 9.83. The molecule has 0 amide bonds. The first-order chi connectivity index (χ1) is 8.25. The van der Waals surface area contributed by atoms with Crippen LogP contribution in [0.4, 0.5) is 0 Å². The fourth-order valence-electron chi connectivity index (χ4n) is 2.24. The molecular formula is C15H23NO. The van der Waals surface area contributed by atoms with Crippen LogP contribution in [0.2, 0.25) is 0 Å². The number of hydrogen-bond acceptors (Lipinski definition) is 2. The molecule has 1 fully saturated rings. The van der Waals surface area contributed by atoms with Crippen molar-refractivity contribution in [3.63, 3.8) is 0 Å². The van der Waals surface area contributed by atoms with Crippen LogP contribution in [0.3, 0.4) is 0 Å². The van der Waals surface area contributed by atoms with Gasteiger partial charge in [-0.1, -0.05) is 30.3 Å². The van der Waals surface area contributed by atoms with E-state index in [0.717, 1.165) is 25.9 Å². The van der Waals surface area contributed by atoms with Crippen molar-refractivity contribution >= 4 is 0 Å². The van der Waals surface area contributed by atoms with Gasteiger partial charge in [0.2, 0.25) is 0 Å². The molecule has 0 radical (unpaired) electrons. The summed E-state index contributed by atoms with van der Waals surface area (Å²) in [5.74, 6) is 0.589. The number of rotatable bonds is 7. The van der Waals surface area contributed by atoms with Gasteiger partial charge in [0.25, 0.3) is 0 Å². The van der Waals surface area contributed by atoms with Gasteiger partial charge in [-0.25, -0.2) is 0 Å². The first-order valence-electron chi connectivity index (χ1n) is 6.66. The second-order valence-electron chi connectivity index (χ2n) is 5.26. The lowest BCUT2D eigenvalue weighted by atomic mass is 10.1. The van der Waals surface area contributed by atoms with Gasteiger partial charge in [0.15, 0.2) is 0 Å². The predicted molar refractivity (Wildman–Crippen MR) is 71.0 cm³/mol. The Morgan fingerprint density at radius 1 is 1.29 bits per heavy atom. The van der Waals surface area contributed by atoms with Crippen LogP contribution in [-0.2, 0) is 6.42 Å². The first kappa shape index (κ1) is 12.6. The van der Waals surface area contributed by atoms with Gasteiger partial charge in [0.1, 0.15) is 0 Å². The Bertz CT molecular complexity index is 321. The molecule has 0 spiro atoms. The molecule has 1 aromatic carbocycles. The Hall–Kier alpha value is -0.860. The molecule has 0 saturated heterocycles. The SMILES string of the molecule is CN(CCCc1ccccc1)CC(O)C1CC1. The minimum absolute atomic E-state index is 0.100. The predicted octanol–water partition coefficient (Wildman–Crippen LogP) is 2.32. The molecule has 2 heteroatoms. The topological polar surface area (TPSA) is 23.5 Å². The van der Waals surface area contributed by atoms with Crippen LogP contribution in [-0.4, -0.2) is 36.2 Å². The molecule has 1 aliphatic carbocycles. The molecule has 94 valence electrons. The number of likely N-dealkylation sites (N-methyl/N-ethyl adjacent to an activating group) is 1. The average Bonchev–Trinajstić information content (AvgIpc) is 3.14. The summed E-state index contributed by atoms with van der Waals surface area (Å²) in [5, 5.41) is 9.83. The van der Waals surface area contributed by atoms with Crippen LogP contribution in [0.5, 0.6) is 0 Å². The van der Waals surface area contributed by atoms with E-state index in [2.05, 4.69) is 42.3 Å². The van der Waals surface area contributed by atoms with Gasteiger partial charge in [-0.2, -0.15) is 0 Å². The highest BCUT2D eigenvalue weighted by atomic mass is 16.3. The highest BCUT2D eigenvalue weighted by Crippen LogP contribution is 2.32. The number of aliphatic hydroxyl groups is 1. The van der Waals surface area contributed by atoms with Gasteiger partial charge in [-0.05, 0) is 50.8 Å². The van der Waals surface area contributed by atoms with E-state index < -0.39 is 0 Å². The molecule has 1 aromatic rings. The molecule has 0 aliphatic heterocycles. The summed E-state index contributed by atoms with van der Waals surface area (Å²) < 4.78 is 0. The average molecular weight is 233 g/mol. The van der Waals surface area contributed by atoms with E-state index in [1.54, 1.807) is 0 Å². The third kappa shape index (κ3) is 4.49. The van der Waals surface area contributed by atoms with Gasteiger partial charge < -0.3 is 10.0 Å². The summed E-state index contributed by atoms with van der Waals surface area (Å²) in [5.41, 5.74) is 1.41. The van der Waals surface area contributed by atoms with Crippen LogP contribution in [0.15, 0.2) is 30.3 Å². The molecule has 0 heterocycles. The second kappa shape index (κ2) is 6.18. The standard InChI is InChI=1S/C15H23NO/c1-16(12-15(17)14-9-10-14)11-5-8-13-6-3-2-4-7-13/h2-4,6-7,14-15,17H,5,8-12H2,1H3. The van der Waals surface area contributed by atoms with E-state index in [-0.39, 0.29) is 6.10 Å². The largest absolute Gasteiger partial charge is 0.392 e. The van der Waals surface area contributed by atoms with Gasteiger partial charge in [-0.15, -0.1) is 0 Å². The van der Waals surface area contributed by atoms with Crippen molar-refractivity contribution in [1.29, 1.82) is 0 Å². The Kier molecular flexibility index (Phi) is 4.57. The zero-order valence-electron chi connectivity index (χ0n) is 10.7.